The second-order valence-corrected chi connectivity index (χ2v) is 0. The lowest BCUT2D eigenvalue weighted by atomic mass is 11.0. The maximum Gasteiger partial charge on any atom is 0.0785 e. The van der Waals surface area contributed by atoms with Crippen molar-refractivity contribution >= 4 is 0 Å². The Morgan fingerprint density at radius 1 is 1.00 bits per heavy atom. The van der Waals surface area contributed by atoms with E-state index in [2.05, 4.69) is 0 Å². The summed E-state index contributed by atoms with van der Waals surface area (Å²) in [5, 5.41) is 0. The van der Waals surface area contributed by atoms with Crippen molar-refractivity contribution in [3.63, 3.8) is 0 Å². The van der Waals surface area contributed by atoms with Crippen molar-refractivity contribution in [2.24, 2.45) is 0 Å². The Labute approximate surface area is 49.2 Å². The van der Waals surface area contributed by atoms with Gasteiger partial charge in [-0.3, -0.25) is 4.39 Å². The Morgan fingerprint density at radius 2 is 1.00 bits per heavy atom. The highest BCUT2D eigenvalue weighted by Crippen LogP contribution is 1.16. The van der Waals surface area contributed by atoms with Gasteiger partial charge in [0.15, 0.2) is 0 Å². The van der Waals surface area contributed by atoms with Crippen molar-refractivity contribution < 1.29 is 5.76 Å². The van der Waals surface area contributed by atoms with Crippen LogP contribution in [0.3, 0.4) is 0 Å². The zero-order chi connectivity index (χ0) is 8.00. The minimum absolute atomic E-state index is 0.500. The van der Waals surface area contributed by atoms with E-state index in [1.54, 1.807) is 0 Å². The van der Waals surface area contributed by atoms with Crippen molar-refractivity contribution in [2.45, 2.75) is 35.1 Å². The summed E-state index contributed by atoms with van der Waals surface area (Å²) in [4.78, 5) is 0. The largest absolute Gasteiger partial charge is 0.255 e. The maximum absolute atomic E-state index is 9.50. The van der Waals surface area contributed by atoms with Gasteiger partial charge in [-0.25, -0.2) is 0 Å². The molecule has 0 spiro atoms. The molecule has 0 aliphatic carbocycles. The number of rotatable bonds is 0. The topological polar surface area (TPSA) is 0 Å². The highest BCUT2D eigenvalue weighted by molar-refractivity contribution is 3.51. The lowest BCUT2D eigenvalue weighted by Crippen LogP contribution is -0.939. The summed E-state index contributed by atoms with van der Waals surface area (Å²) in [6.07, 6.45) is 0. The number of hydrogen-bond donors (Lipinski definition) is 0. The molecule has 7 heavy (non-hydrogen) atoms. The van der Waals surface area contributed by atoms with Crippen LogP contribution < -0.4 is 0 Å². The smallest absolute Gasteiger partial charge is 0.0785 e. The molecule has 0 saturated heterocycles. The third-order valence-corrected chi connectivity index (χ3v) is 0. The van der Waals surface area contributed by atoms with Crippen LogP contribution >= 0.6 is 0 Å². The SMILES string of the molecule is CC.CC.CF.[2H]C. The highest BCUT2D eigenvalue weighted by Gasteiger charge is 0.935. The van der Waals surface area contributed by atoms with Crippen LogP contribution in [0, 0.1) is 0 Å². The summed E-state index contributed by atoms with van der Waals surface area (Å²) >= 11 is 0. The molecule has 0 N–H and O–H groups in total. The second-order valence-electron chi connectivity index (χ2n) is 0. The van der Waals surface area contributed by atoms with E-state index in [-0.39, 0.29) is 0 Å². The molecule has 1 heteroatoms. The van der Waals surface area contributed by atoms with Crippen LogP contribution in [0.5, 0.6) is 0 Å². The predicted octanol–water partition coefficient (Wildman–Crippen LogP) is 3.27. The Kier molecular flexibility index (Phi) is 66300. The van der Waals surface area contributed by atoms with Gasteiger partial charge >= 0.3 is 0 Å². The van der Waals surface area contributed by atoms with Crippen LogP contribution in [0.2, 0.25) is 0 Å². The fourth-order valence-electron chi connectivity index (χ4n) is 0. The quantitative estimate of drug-likeness (QED) is 0.450. The summed E-state index contributed by atoms with van der Waals surface area (Å²) in [6.45, 7) is 8.00. The van der Waals surface area contributed by atoms with Crippen molar-refractivity contribution in [1.82, 2.24) is 0 Å². The molecular formula is C6H19F. The van der Waals surface area contributed by atoms with E-state index >= 15 is 0 Å². The molecule has 0 heterocycles. The number of alkyl halides is 1. The summed E-state index contributed by atoms with van der Waals surface area (Å²) in [6, 6.07) is 0. The highest BCUT2D eigenvalue weighted by atomic mass is 19.1. The standard InChI is InChI=1S/2C2H6.CH3F.CH4/c3*1-2;/h2*1-2H3;1H3;1H4/i;;;1D. The molecule has 0 aromatic carbocycles. The minimum atomic E-state index is 0.500. The molecule has 0 nitrogen and oxygen atoms in total. The maximum atomic E-state index is 9.50. The van der Waals surface area contributed by atoms with Gasteiger partial charge in [0.2, 0.25) is 0 Å². The van der Waals surface area contributed by atoms with Gasteiger partial charge in [-0.05, 0) is 0 Å². The molecule has 0 rings (SSSR count). The van der Waals surface area contributed by atoms with Crippen LogP contribution in [0.1, 0.15) is 36.5 Å². The molecule has 0 aromatic rings. The third kappa shape index (κ3) is 18700. The second kappa shape index (κ2) is 29400. The molecule has 0 bridgehead atoms. The summed E-state index contributed by atoms with van der Waals surface area (Å²) < 4.78 is 15.2. The van der Waals surface area contributed by atoms with Crippen molar-refractivity contribution in [1.29, 1.82) is 0 Å². The number of hydrogen-bond acceptors (Lipinski definition) is 0. The van der Waals surface area contributed by atoms with Crippen molar-refractivity contribution in [3.05, 3.63) is 0 Å². The third-order valence-electron chi connectivity index (χ3n) is 0. The zero-order valence-corrected chi connectivity index (χ0v) is 6.38. The Hall–Kier alpha value is -0.0700. The fraction of sp³-hybridized carbons (Fsp3) is 1.00. The average Bonchev–Trinajstić information content (AvgIpc) is 2.03. The minimum Gasteiger partial charge on any atom is -0.255 e. The van der Waals surface area contributed by atoms with E-state index in [0.717, 1.165) is 0 Å². The molecule has 0 aromatic heterocycles. The number of halogens is 1. The van der Waals surface area contributed by atoms with E-state index in [9.17, 15) is 4.39 Å². The zero-order valence-electron chi connectivity index (χ0n) is 7.38. The van der Waals surface area contributed by atoms with E-state index < -0.39 is 0 Å². The van der Waals surface area contributed by atoms with Crippen LogP contribution in [0.15, 0.2) is 0 Å². The lowest BCUT2D eigenvalue weighted by Gasteiger charge is -1.10. The Bertz CT molecular complexity index is 8.49. The van der Waals surface area contributed by atoms with E-state index in [0.29, 0.717) is 7.18 Å². The van der Waals surface area contributed by atoms with Gasteiger partial charge in [-0.15, -0.1) is 0 Å². The van der Waals surface area contributed by atoms with Gasteiger partial charge in [0.05, 0.1) is 7.18 Å². The monoisotopic (exact) mass is 111 g/mol. The Balaban J connectivity index is -0.0000000133. The first kappa shape index (κ1) is 15.8. The first-order valence-corrected chi connectivity index (χ1v) is 2.38. The summed E-state index contributed by atoms with van der Waals surface area (Å²) in [5.41, 5.74) is 0. The van der Waals surface area contributed by atoms with Crippen LogP contribution in [-0.2, 0) is 0 Å². The molecule has 0 aliphatic rings. The van der Waals surface area contributed by atoms with Crippen LogP contribution in [0.4, 0.5) is 4.39 Å². The average molecular weight is 111 g/mol. The van der Waals surface area contributed by atoms with Gasteiger partial charge in [-0.1, -0.05) is 35.1 Å². The molecule has 0 unspecified atom stereocenters. The first-order chi connectivity index (χ1) is 4.00. The Morgan fingerprint density at radius 3 is 1.00 bits per heavy atom. The van der Waals surface area contributed by atoms with E-state index in [4.69, 9.17) is 1.37 Å². The van der Waals surface area contributed by atoms with Gasteiger partial charge < -0.3 is 0 Å². The molecular weight excluding hydrogens is 91.1 g/mol. The van der Waals surface area contributed by atoms with Crippen LogP contribution in [-0.4, -0.2) is 7.18 Å². The molecule has 0 radical (unpaired) electrons. The fourth-order valence-corrected chi connectivity index (χ4v) is 0. The van der Waals surface area contributed by atoms with Crippen molar-refractivity contribution in [3.8, 4) is 0 Å². The molecule has 0 saturated carbocycles. The van der Waals surface area contributed by atoms with Crippen LogP contribution in [0.25, 0.3) is 0 Å². The molecule has 0 fully saturated rings. The van der Waals surface area contributed by atoms with Crippen molar-refractivity contribution in [2.75, 3.05) is 7.18 Å². The summed E-state index contributed by atoms with van der Waals surface area (Å²) in [7, 11) is 1.75. The van der Waals surface area contributed by atoms with Gasteiger partial charge in [0.1, 0.15) is 0 Å². The van der Waals surface area contributed by atoms with E-state index in [1.165, 1.54) is 7.40 Å². The van der Waals surface area contributed by atoms with Gasteiger partial charge in [0.25, 0.3) is 0 Å². The molecule has 0 aliphatic heterocycles. The normalized spacial score (nSPS) is 3.57. The van der Waals surface area contributed by atoms with Gasteiger partial charge in [-0.2, -0.15) is 0 Å². The van der Waals surface area contributed by atoms with Gasteiger partial charge in [0, 0.05) is 1.37 Å². The van der Waals surface area contributed by atoms with E-state index in [1.807, 2.05) is 27.7 Å². The lowest BCUT2D eigenvalue weighted by molar-refractivity contribution is 0.636. The molecule has 50 valence electrons. The molecule has 0 amide bonds. The summed E-state index contributed by atoms with van der Waals surface area (Å²) in [5.74, 6) is 0. The molecule has 0 atom stereocenters. The first-order valence-electron chi connectivity index (χ1n) is 3.38. The predicted molar refractivity (Wildman–Crippen MR) is 36.5 cm³/mol.